The van der Waals surface area contributed by atoms with E-state index in [0.29, 0.717) is 0 Å². The molecule has 4 heteroatoms. The molecule has 0 amide bonds. The Bertz CT molecular complexity index is 318. The molecule has 0 saturated carbocycles. The second kappa shape index (κ2) is 5.48. The topological polar surface area (TPSA) is 66.8 Å². The van der Waals surface area contributed by atoms with Gasteiger partial charge in [0.25, 0.3) is 0 Å². The summed E-state index contributed by atoms with van der Waals surface area (Å²) in [5.74, 6) is -1.04. The molecule has 0 fully saturated rings. The van der Waals surface area contributed by atoms with Crippen LogP contribution in [0.5, 0.6) is 0 Å². The van der Waals surface area contributed by atoms with Crippen LogP contribution < -0.4 is 0 Å². The molecule has 0 bridgehead atoms. The van der Waals surface area contributed by atoms with Gasteiger partial charge in [0.1, 0.15) is 12.7 Å². The molecule has 0 radical (unpaired) electrons. The Hall–Kier alpha value is -1.39. The van der Waals surface area contributed by atoms with Crippen molar-refractivity contribution in [2.75, 3.05) is 13.2 Å². The fraction of sp³-hybridized carbons (Fsp3) is 0.364. The number of aliphatic hydroxyl groups excluding tert-OH is 1. The van der Waals surface area contributed by atoms with E-state index in [2.05, 4.69) is 0 Å². The third-order valence-corrected chi connectivity index (χ3v) is 1.96. The van der Waals surface area contributed by atoms with Gasteiger partial charge >= 0.3 is 5.97 Å². The summed E-state index contributed by atoms with van der Waals surface area (Å²) >= 11 is 0. The van der Waals surface area contributed by atoms with E-state index >= 15 is 0 Å². The zero-order chi connectivity index (χ0) is 11.3. The first-order valence-corrected chi connectivity index (χ1v) is 4.64. The maximum Gasteiger partial charge on any atom is 0.329 e. The second-order valence-corrected chi connectivity index (χ2v) is 3.34. The number of hydrogen-bond donors (Lipinski definition) is 2. The normalized spacial score (nSPS) is 12.4. The summed E-state index contributed by atoms with van der Waals surface area (Å²) in [4.78, 5) is 10.2. The van der Waals surface area contributed by atoms with E-state index in [9.17, 15) is 9.90 Å². The van der Waals surface area contributed by atoms with Crippen LogP contribution in [-0.4, -0.2) is 29.4 Å². The molecule has 1 aromatic carbocycles. The Labute approximate surface area is 88.1 Å². The monoisotopic (exact) mass is 210 g/mol. The van der Waals surface area contributed by atoms with Crippen molar-refractivity contribution >= 4 is 5.97 Å². The lowest BCUT2D eigenvalue weighted by Gasteiger charge is -2.10. The number of carbonyl (C=O) groups is 1. The highest BCUT2D eigenvalue weighted by molar-refractivity contribution is 5.67. The molecule has 4 nitrogen and oxygen atoms in total. The third-order valence-electron chi connectivity index (χ3n) is 1.96. The highest BCUT2D eigenvalue weighted by Gasteiger charge is 2.08. The Morgan fingerprint density at radius 1 is 1.40 bits per heavy atom. The van der Waals surface area contributed by atoms with Crippen molar-refractivity contribution in [3.63, 3.8) is 0 Å². The van der Waals surface area contributed by atoms with Crippen molar-refractivity contribution in [3.05, 3.63) is 35.4 Å². The smallest absolute Gasteiger partial charge is 0.329 e. The molecule has 0 saturated heterocycles. The van der Waals surface area contributed by atoms with Crippen LogP contribution in [0.3, 0.4) is 0 Å². The Morgan fingerprint density at radius 3 is 2.53 bits per heavy atom. The van der Waals surface area contributed by atoms with Gasteiger partial charge in [-0.3, -0.25) is 0 Å². The van der Waals surface area contributed by atoms with Gasteiger partial charge in [0.2, 0.25) is 0 Å². The lowest BCUT2D eigenvalue weighted by molar-refractivity contribution is -0.143. The van der Waals surface area contributed by atoms with Gasteiger partial charge in [-0.05, 0) is 12.5 Å². The van der Waals surface area contributed by atoms with Crippen molar-refractivity contribution in [1.82, 2.24) is 0 Å². The van der Waals surface area contributed by atoms with Crippen LogP contribution in [0.2, 0.25) is 0 Å². The van der Waals surface area contributed by atoms with Gasteiger partial charge in [0.15, 0.2) is 0 Å². The number of carboxylic acids is 1. The van der Waals surface area contributed by atoms with Gasteiger partial charge in [-0.25, -0.2) is 4.79 Å². The summed E-state index contributed by atoms with van der Waals surface area (Å²) in [6.45, 7) is 1.56. The molecule has 1 aromatic rings. The number of rotatable bonds is 5. The molecule has 2 N–H and O–H groups in total. The van der Waals surface area contributed by atoms with E-state index in [-0.39, 0.29) is 13.2 Å². The predicted molar refractivity (Wildman–Crippen MR) is 54.6 cm³/mol. The van der Waals surface area contributed by atoms with E-state index < -0.39 is 12.1 Å². The molecule has 1 atom stereocenters. The van der Waals surface area contributed by atoms with Crippen molar-refractivity contribution in [2.45, 2.75) is 13.0 Å². The molecule has 0 aliphatic carbocycles. The van der Waals surface area contributed by atoms with Gasteiger partial charge < -0.3 is 14.9 Å². The van der Waals surface area contributed by atoms with E-state index in [4.69, 9.17) is 9.84 Å². The average Bonchev–Trinajstić information content (AvgIpc) is 2.18. The molecule has 0 spiro atoms. The van der Waals surface area contributed by atoms with Crippen molar-refractivity contribution in [2.24, 2.45) is 0 Å². The van der Waals surface area contributed by atoms with Crippen LogP contribution in [0.15, 0.2) is 24.3 Å². The number of ether oxygens (including phenoxy) is 1. The van der Waals surface area contributed by atoms with Gasteiger partial charge in [0, 0.05) is 0 Å². The summed E-state index contributed by atoms with van der Waals surface area (Å²) in [6.07, 6.45) is -0.773. The minimum absolute atomic E-state index is 0.00460. The first-order chi connectivity index (χ1) is 7.09. The van der Waals surface area contributed by atoms with Gasteiger partial charge in [0.05, 0.1) is 6.61 Å². The van der Waals surface area contributed by atoms with Crippen LogP contribution in [0.4, 0.5) is 0 Å². The minimum atomic E-state index is -1.04. The minimum Gasteiger partial charge on any atom is -0.480 e. The third kappa shape index (κ3) is 4.10. The van der Waals surface area contributed by atoms with Crippen LogP contribution in [0.25, 0.3) is 0 Å². The highest BCUT2D eigenvalue weighted by Crippen LogP contribution is 2.13. The number of aliphatic carboxylic acids is 1. The molecular formula is C11H14O4. The van der Waals surface area contributed by atoms with Gasteiger partial charge in [-0.1, -0.05) is 29.8 Å². The first-order valence-electron chi connectivity index (χ1n) is 4.64. The quantitative estimate of drug-likeness (QED) is 0.764. The lowest BCUT2D eigenvalue weighted by Crippen LogP contribution is -2.13. The summed E-state index contributed by atoms with van der Waals surface area (Å²) in [5, 5.41) is 17.9. The van der Waals surface area contributed by atoms with Gasteiger partial charge in [-0.15, -0.1) is 0 Å². The van der Waals surface area contributed by atoms with E-state index in [1.165, 1.54) is 0 Å². The Morgan fingerprint density at radius 2 is 2.00 bits per heavy atom. The Kier molecular flexibility index (Phi) is 4.27. The van der Waals surface area contributed by atoms with Crippen molar-refractivity contribution in [1.29, 1.82) is 0 Å². The standard InChI is InChI=1S/C11H14O4/c1-8-2-4-9(5-3-8)10(12)6-15-7-11(13)14/h2-5,10,12H,6-7H2,1H3,(H,13,14). The number of hydrogen-bond acceptors (Lipinski definition) is 3. The second-order valence-electron chi connectivity index (χ2n) is 3.34. The number of aliphatic hydroxyl groups is 1. The van der Waals surface area contributed by atoms with E-state index in [1.54, 1.807) is 12.1 Å². The molecule has 15 heavy (non-hydrogen) atoms. The van der Waals surface area contributed by atoms with Crippen molar-refractivity contribution < 1.29 is 19.7 Å². The summed E-state index contributed by atoms with van der Waals surface area (Å²) < 4.78 is 4.79. The summed E-state index contributed by atoms with van der Waals surface area (Å²) in [7, 11) is 0. The lowest BCUT2D eigenvalue weighted by atomic mass is 10.1. The predicted octanol–water partition coefficient (Wildman–Crippen LogP) is 1.13. The summed E-state index contributed by atoms with van der Waals surface area (Å²) in [5.41, 5.74) is 1.84. The molecule has 0 aliphatic heterocycles. The van der Waals surface area contributed by atoms with Gasteiger partial charge in [-0.2, -0.15) is 0 Å². The largest absolute Gasteiger partial charge is 0.480 e. The molecular weight excluding hydrogens is 196 g/mol. The maximum atomic E-state index is 10.2. The van der Waals surface area contributed by atoms with Crippen molar-refractivity contribution in [3.8, 4) is 0 Å². The molecule has 82 valence electrons. The van der Waals surface area contributed by atoms with E-state index in [1.807, 2.05) is 19.1 Å². The number of benzene rings is 1. The zero-order valence-corrected chi connectivity index (χ0v) is 8.51. The van der Waals surface area contributed by atoms with E-state index in [0.717, 1.165) is 11.1 Å². The Balaban J connectivity index is 2.43. The summed E-state index contributed by atoms with van der Waals surface area (Å²) in [6, 6.07) is 7.36. The molecule has 1 unspecified atom stereocenters. The molecule has 0 aromatic heterocycles. The van der Waals surface area contributed by atoms with Crippen LogP contribution in [-0.2, 0) is 9.53 Å². The van der Waals surface area contributed by atoms with Crippen LogP contribution >= 0.6 is 0 Å². The maximum absolute atomic E-state index is 10.2. The fourth-order valence-electron chi connectivity index (χ4n) is 1.14. The highest BCUT2D eigenvalue weighted by atomic mass is 16.5. The number of aryl methyl sites for hydroxylation is 1. The molecule has 1 rings (SSSR count). The average molecular weight is 210 g/mol. The molecule has 0 heterocycles. The SMILES string of the molecule is Cc1ccc(C(O)COCC(=O)O)cc1. The first kappa shape index (κ1) is 11.7. The molecule has 0 aliphatic rings. The number of carboxylic acid groups (broad SMARTS) is 1. The van der Waals surface area contributed by atoms with Crippen LogP contribution in [0, 0.1) is 6.92 Å². The van der Waals surface area contributed by atoms with Crippen LogP contribution in [0.1, 0.15) is 17.2 Å². The zero-order valence-electron chi connectivity index (χ0n) is 8.51. The fourth-order valence-corrected chi connectivity index (χ4v) is 1.14.